The van der Waals surface area contributed by atoms with Gasteiger partial charge in [0.15, 0.2) is 0 Å². The summed E-state index contributed by atoms with van der Waals surface area (Å²) >= 11 is 0. The van der Waals surface area contributed by atoms with Gasteiger partial charge in [0, 0.05) is 30.2 Å². The van der Waals surface area contributed by atoms with Gasteiger partial charge in [-0.3, -0.25) is 0 Å². The number of aromatic nitrogens is 3. The molecule has 3 N–H and O–H groups in total. The fourth-order valence-corrected chi connectivity index (χ4v) is 3.45. The molecule has 3 aromatic heterocycles. The summed E-state index contributed by atoms with van der Waals surface area (Å²) in [6.45, 7) is 12.6. The maximum atomic E-state index is 5.64. The second-order valence-electron chi connectivity index (χ2n) is 8.53. The van der Waals surface area contributed by atoms with Crippen molar-refractivity contribution in [2.45, 2.75) is 48.1 Å². The highest BCUT2D eigenvalue weighted by Crippen LogP contribution is 2.13. The van der Waals surface area contributed by atoms with Gasteiger partial charge in [0.05, 0.1) is 0 Å². The van der Waals surface area contributed by atoms with Crippen molar-refractivity contribution in [1.29, 1.82) is 0 Å². The van der Waals surface area contributed by atoms with E-state index < -0.39 is 0 Å². The van der Waals surface area contributed by atoms with Gasteiger partial charge < -0.3 is 15.8 Å². The van der Waals surface area contributed by atoms with E-state index in [1.165, 1.54) is 16.7 Å². The van der Waals surface area contributed by atoms with Crippen LogP contribution in [-0.2, 0) is 6.61 Å². The van der Waals surface area contributed by atoms with Crippen molar-refractivity contribution in [3.05, 3.63) is 106 Å². The van der Waals surface area contributed by atoms with Crippen LogP contribution in [0.25, 0.3) is 0 Å². The van der Waals surface area contributed by atoms with E-state index >= 15 is 0 Å². The van der Waals surface area contributed by atoms with Crippen molar-refractivity contribution in [1.82, 2.24) is 15.0 Å². The predicted molar refractivity (Wildman–Crippen MR) is 146 cm³/mol. The lowest BCUT2D eigenvalue weighted by Gasteiger charge is -2.06. The standard InChI is InChI=1S/C14H15NO.C8H12N2.C7H10N2/c1-11-8-12(2)15-14(9-11)16-10-13-6-4-3-5-7-13;1-6-4-7(2)10-8(5-6)9-3;1-5-3-6(2)9-7(8)4-5/h3-9H,10H2,1-2H3;4-5H,1-3H3,(H,9,10);3-4H,1-2H3,(H2,8,9). The summed E-state index contributed by atoms with van der Waals surface area (Å²) in [5, 5.41) is 3.00. The molecule has 0 saturated heterocycles. The van der Waals surface area contributed by atoms with Crippen LogP contribution >= 0.6 is 0 Å². The number of hydrogen-bond donors (Lipinski definition) is 2. The van der Waals surface area contributed by atoms with Gasteiger partial charge in [-0.2, -0.15) is 0 Å². The zero-order valence-corrected chi connectivity index (χ0v) is 21.9. The Labute approximate surface area is 209 Å². The number of pyridine rings is 3. The lowest BCUT2D eigenvalue weighted by molar-refractivity contribution is 0.293. The lowest BCUT2D eigenvalue weighted by atomic mass is 10.2. The molecule has 184 valence electrons. The van der Waals surface area contributed by atoms with Crippen LogP contribution in [0, 0.1) is 41.5 Å². The van der Waals surface area contributed by atoms with E-state index in [1.807, 2.05) is 102 Å². The van der Waals surface area contributed by atoms with Crippen LogP contribution in [0.3, 0.4) is 0 Å². The third kappa shape index (κ3) is 10.7. The van der Waals surface area contributed by atoms with Gasteiger partial charge in [0.25, 0.3) is 0 Å². The monoisotopic (exact) mass is 471 g/mol. The molecule has 4 rings (SSSR count). The number of nitrogens with two attached hydrogens (primary N) is 1. The Morgan fingerprint density at radius 3 is 1.74 bits per heavy atom. The van der Waals surface area contributed by atoms with Crippen molar-refractivity contribution in [3.8, 4) is 5.88 Å². The number of hydrogen-bond acceptors (Lipinski definition) is 6. The second kappa shape index (κ2) is 13.7. The van der Waals surface area contributed by atoms with Crippen molar-refractivity contribution in [3.63, 3.8) is 0 Å². The molecule has 6 nitrogen and oxygen atoms in total. The van der Waals surface area contributed by atoms with Crippen LogP contribution in [-0.4, -0.2) is 22.0 Å². The van der Waals surface area contributed by atoms with Gasteiger partial charge in [-0.05, 0) is 94.1 Å². The third-order valence-corrected chi connectivity index (χ3v) is 4.78. The molecule has 35 heavy (non-hydrogen) atoms. The molecular formula is C29H37N5O. The summed E-state index contributed by atoms with van der Waals surface area (Å²) in [6.07, 6.45) is 0. The van der Waals surface area contributed by atoms with E-state index in [9.17, 15) is 0 Å². The maximum Gasteiger partial charge on any atom is 0.214 e. The minimum absolute atomic E-state index is 0.566. The van der Waals surface area contributed by atoms with Crippen LogP contribution < -0.4 is 15.8 Å². The number of nitrogens with one attached hydrogen (secondary N) is 1. The molecule has 0 aliphatic heterocycles. The molecule has 0 radical (unpaired) electrons. The molecule has 4 aromatic rings. The maximum absolute atomic E-state index is 5.64. The van der Waals surface area contributed by atoms with Crippen LogP contribution in [0.1, 0.15) is 39.3 Å². The van der Waals surface area contributed by atoms with Gasteiger partial charge >= 0.3 is 0 Å². The minimum Gasteiger partial charge on any atom is -0.473 e. The van der Waals surface area contributed by atoms with E-state index in [2.05, 4.69) is 33.3 Å². The molecule has 0 atom stereocenters. The molecule has 1 aromatic carbocycles. The summed E-state index contributed by atoms with van der Waals surface area (Å²) in [5.41, 5.74) is 13.2. The molecular weight excluding hydrogens is 434 g/mol. The summed E-state index contributed by atoms with van der Waals surface area (Å²) in [4.78, 5) is 12.6. The molecule has 0 bridgehead atoms. The first kappa shape index (κ1) is 27.3. The largest absolute Gasteiger partial charge is 0.473 e. The first-order chi connectivity index (χ1) is 16.6. The lowest BCUT2D eigenvalue weighted by Crippen LogP contribution is -1.98. The fraction of sp³-hybridized carbons (Fsp3) is 0.276. The molecule has 3 heterocycles. The number of anilines is 2. The fourth-order valence-electron chi connectivity index (χ4n) is 3.45. The summed E-state index contributed by atoms with van der Waals surface area (Å²) in [5.74, 6) is 2.24. The Kier molecular flexibility index (Phi) is 10.7. The molecule has 0 spiro atoms. The SMILES string of the molecule is CNc1cc(C)cc(C)n1.Cc1cc(C)nc(N)c1.Cc1cc(C)nc(OCc2ccccc2)c1. The van der Waals surface area contributed by atoms with Crippen LogP contribution in [0.5, 0.6) is 5.88 Å². The normalized spacial score (nSPS) is 9.80. The molecule has 0 amide bonds. The highest BCUT2D eigenvalue weighted by atomic mass is 16.5. The molecule has 0 saturated carbocycles. The Balaban J connectivity index is 0.000000197. The van der Waals surface area contributed by atoms with E-state index in [0.717, 1.165) is 28.5 Å². The zero-order valence-electron chi connectivity index (χ0n) is 21.9. The van der Waals surface area contributed by atoms with E-state index in [0.29, 0.717) is 18.3 Å². The van der Waals surface area contributed by atoms with Crippen molar-refractivity contribution in [2.24, 2.45) is 0 Å². The number of nitrogens with zero attached hydrogens (tertiary/aromatic N) is 3. The first-order valence-corrected chi connectivity index (χ1v) is 11.6. The number of nitrogen functional groups attached to an aromatic ring is 1. The molecule has 0 fully saturated rings. The summed E-state index contributed by atoms with van der Waals surface area (Å²) in [6, 6.07) is 22.0. The zero-order chi connectivity index (χ0) is 25.8. The van der Waals surface area contributed by atoms with Crippen LogP contribution in [0.4, 0.5) is 11.6 Å². The molecule has 0 aliphatic rings. The van der Waals surface area contributed by atoms with E-state index in [4.69, 9.17) is 10.5 Å². The van der Waals surface area contributed by atoms with Gasteiger partial charge in [0.1, 0.15) is 18.2 Å². The van der Waals surface area contributed by atoms with E-state index in [1.54, 1.807) is 0 Å². The van der Waals surface area contributed by atoms with Crippen molar-refractivity contribution in [2.75, 3.05) is 18.1 Å². The Bertz CT molecular complexity index is 1120. The Morgan fingerprint density at radius 2 is 1.23 bits per heavy atom. The highest BCUT2D eigenvalue weighted by molar-refractivity contribution is 5.38. The minimum atomic E-state index is 0.566. The van der Waals surface area contributed by atoms with Gasteiger partial charge in [0.2, 0.25) is 5.88 Å². The van der Waals surface area contributed by atoms with Crippen LogP contribution in [0.2, 0.25) is 0 Å². The summed E-state index contributed by atoms with van der Waals surface area (Å²) < 4.78 is 5.64. The molecule has 0 unspecified atom stereocenters. The smallest absolute Gasteiger partial charge is 0.214 e. The van der Waals surface area contributed by atoms with Gasteiger partial charge in [-0.25, -0.2) is 15.0 Å². The second-order valence-corrected chi connectivity index (χ2v) is 8.53. The molecule has 0 aliphatic carbocycles. The number of benzene rings is 1. The van der Waals surface area contributed by atoms with Gasteiger partial charge in [-0.15, -0.1) is 0 Å². The van der Waals surface area contributed by atoms with E-state index in [-0.39, 0.29) is 0 Å². The summed E-state index contributed by atoms with van der Waals surface area (Å²) in [7, 11) is 1.88. The van der Waals surface area contributed by atoms with Crippen molar-refractivity contribution < 1.29 is 4.74 Å². The van der Waals surface area contributed by atoms with Crippen LogP contribution in [0.15, 0.2) is 66.7 Å². The number of aryl methyl sites for hydroxylation is 6. The predicted octanol–water partition coefficient (Wildman–Crippen LogP) is 6.30. The van der Waals surface area contributed by atoms with Gasteiger partial charge in [-0.1, -0.05) is 30.3 Å². The molecule has 6 heteroatoms. The number of rotatable bonds is 4. The number of ether oxygens (including phenoxy) is 1. The van der Waals surface area contributed by atoms with Crippen molar-refractivity contribution >= 4 is 11.6 Å². The quantitative estimate of drug-likeness (QED) is 0.363. The highest BCUT2D eigenvalue weighted by Gasteiger charge is 1.99. The Hall–Kier alpha value is -3.93. The first-order valence-electron chi connectivity index (χ1n) is 11.6. The Morgan fingerprint density at radius 1 is 0.686 bits per heavy atom. The third-order valence-electron chi connectivity index (χ3n) is 4.78. The topological polar surface area (TPSA) is 86.0 Å². The average Bonchev–Trinajstić information content (AvgIpc) is 2.77. The average molecular weight is 472 g/mol.